The number of methoxy groups -OCH3 is 1. The molecule has 2 aliphatic rings. The SMILES string of the molecule is CCOC(=O)/C(NC(=O)[C@@H](OC(=O)c1cc(OC)cc2c(C)cccc12)[C@]1(C)CO1)=C1/CC[C@H](COS(C)(=O)=O)N1. The first kappa shape index (κ1) is 30.3. The van der Waals surface area contributed by atoms with Gasteiger partial charge in [-0.1, -0.05) is 18.2 Å². The van der Waals surface area contributed by atoms with Gasteiger partial charge in [-0.25, -0.2) is 9.59 Å². The maximum atomic E-state index is 13.6. The summed E-state index contributed by atoms with van der Waals surface area (Å²) in [5.74, 6) is -1.90. The van der Waals surface area contributed by atoms with Crippen LogP contribution in [0.4, 0.5) is 0 Å². The summed E-state index contributed by atoms with van der Waals surface area (Å²) in [7, 11) is -2.17. The Morgan fingerprint density at radius 3 is 2.59 bits per heavy atom. The lowest BCUT2D eigenvalue weighted by atomic mass is 9.99. The van der Waals surface area contributed by atoms with Crippen molar-refractivity contribution in [3.05, 3.63) is 52.9 Å². The number of carbonyl (C=O) groups excluding carboxylic acids is 3. The molecule has 0 bridgehead atoms. The smallest absolute Gasteiger partial charge is 0.356 e. The van der Waals surface area contributed by atoms with Gasteiger partial charge in [-0.2, -0.15) is 8.42 Å². The molecule has 2 saturated heterocycles. The van der Waals surface area contributed by atoms with Gasteiger partial charge in [0.2, 0.25) is 6.10 Å². The van der Waals surface area contributed by atoms with Crippen molar-refractivity contribution in [3.8, 4) is 5.75 Å². The number of carbonyl (C=O) groups is 3. The van der Waals surface area contributed by atoms with Gasteiger partial charge >= 0.3 is 11.9 Å². The zero-order valence-corrected chi connectivity index (χ0v) is 24.4. The fraction of sp³-hybridized carbons (Fsp3) is 0.464. The lowest BCUT2D eigenvalue weighted by Gasteiger charge is -2.23. The molecule has 41 heavy (non-hydrogen) atoms. The molecular formula is C28H34N2O10S. The van der Waals surface area contributed by atoms with E-state index < -0.39 is 45.7 Å². The predicted molar refractivity (Wildman–Crippen MR) is 148 cm³/mol. The topological polar surface area (TPSA) is 159 Å². The summed E-state index contributed by atoms with van der Waals surface area (Å²) in [5.41, 5.74) is 0.216. The number of benzene rings is 2. The lowest BCUT2D eigenvalue weighted by molar-refractivity contribution is -0.141. The fourth-order valence-corrected chi connectivity index (χ4v) is 4.98. The summed E-state index contributed by atoms with van der Waals surface area (Å²) in [6, 6.07) is 8.45. The first-order chi connectivity index (χ1) is 19.3. The molecule has 0 spiro atoms. The van der Waals surface area contributed by atoms with Gasteiger partial charge in [0.15, 0.2) is 0 Å². The standard InChI is InChI=1S/C28H34N2O10S/c1-6-37-27(33)23(22-11-10-17(29-22)14-39-41(5,34)35)30-25(31)24(28(3)15-38-28)40-26(32)21-13-18(36-4)12-20-16(2)8-7-9-19(20)21/h7-9,12-13,17,24,29H,6,10-11,14-15H2,1-5H3,(H,30,31)/b23-22+/t17-,24-,28+/m1/s1. The average Bonchev–Trinajstić information content (AvgIpc) is 3.49. The third kappa shape index (κ3) is 7.16. The minimum atomic E-state index is -3.66. The highest BCUT2D eigenvalue weighted by atomic mass is 32.2. The number of hydrogen-bond acceptors (Lipinski definition) is 11. The molecular weight excluding hydrogens is 556 g/mol. The number of hydrogen-bond donors (Lipinski definition) is 2. The van der Waals surface area contributed by atoms with Crippen LogP contribution in [0.1, 0.15) is 42.6 Å². The second-order valence-electron chi connectivity index (χ2n) is 10.2. The van der Waals surface area contributed by atoms with Crippen LogP contribution in [0.25, 0.3) is 10.8 Å². The van der Waals surface area contributed by atoms with Crippen LogP contribution >= 0.6 is 0 Å². The van der Waals surface area contributed by atoms with Crippen molar-refractivity contribution in [2.75, 3.05) is 33.2 Å². The number of esters is 2. The van der Waals surface area contributed by atoms with E-state index in [-0.39, 0.29) is 31.1 Å². The van der Waals surface area contributed by atoms with Gasteiger partial charge in [0.25, 0.3) is 16.0 Å². The summed E-state index contributed by atoms with van der Waals surface area (Å²) in [4.78, 5) is 39.9. The summed E-state index contributed by atoms with van der Waals surface area (Å²) in [5, 5.41) is 7.02. The number of ether oxygens (including phenoxy) is 4. The maximum absolute atomic E-state index is 13.6. The van der Waals surface area contributed by atoms with Gasteiger partial charge in [-0.05, 0) is 62.1 Å². The van der Waals surface area contributed by atoms with Crippen molar-refractivity contribution in [2.45, 2.75) is 51.4 Å². The summed E-state index contributed by atoms with van der Waals surface area (Å²) >= 11 is 0. The van der Waals surface area contributed by atoms with Gasteiger partial charge in [0, 0.05) is 5.70 Å². The molecule has 0 aromatic heterocycles. The molecule has 222 valence electrons. The van der Waals surface area contributed by atoms with E-state index in [0.29, 0.717) is 29.7 Å². The van der Waals surface area contributed by atoms with Crippen LogP contribution in [-0.2, 0) is 38.1 Å². The second kappa shape index (κ2) is 12.0. The number of nitrogens with one attached hydrogen (secondary N) is 2. The number of aryl methyl sites for hydroxylation is 1. The van der Waals surface area contributed by atoms with E-state index in [1.165, 1.54) is 7.11 Å². The Kier molecular flexibility index (Phi) is 8.90. The predicted octanol–water partition coefficient (Wildman–Crippen LogP) is 2.09. The molecule has 1 amide bonds. The third-order valence-corrected chi connectivity index (χ3v) is 7.46. The van der Waals surface area contributed by atoms with Gasteiger partial charge in [-0.15, -0.1) is 0 Å². The number of allylic oxidation sites excluding steroid dienone is 1. The Bertz CT molecular complexity index is 1500. The summed E-state index contributed by atoms with van der Waals surface area (Å²) in [6.07, 6.45) is 0.308. The van der Waals surface area contributed by atoms with E-state index in [2.05, 4.69) is 10.6 Å². The zero-order chi connectivity index (χ0) is 29.9. The molecule has 0 aliphatic carbocycles. The van der Waals surface area contributed by atoms with E-state index in [4.69, 9.17) is 23.1 Å². The van der Waals surface area contributed by atoms with Crippen LogP contribution in [0.15, 0.2) is 41.7 Å². The molecule has 0 saturated carbocycles. The summed E-state index contributed by atoms with van der Waals surface area (Å²) < 4.78 is 49.4. The Morgan fingerprint density at radius 1 is 1.22 bits per heavy atom. The Hall–Kier alpha value is -3.68. The number of rotatable bonds is 11. The maximum Gasteiger partial charge on any atom is 0.356 e. The molecule has 2 N–H and O–H groups in total. The van der Waals surface area contributed by atoms with Gasteiger partial charge in [-0.3, -0.25) is 8.98 Å². The minimum Gasteiger partial charge on any atom is -0.497 e. The first-order valence-corrected chi connectivity index (χ1v) is 14.9. The molecule has 4 rings (SSSR count). The molecule has 12 nitrogen and oxygen atoms in total. The van der Waals surface area contributed by atoms with Gasteiger partial charge < -0.3 is 29.6 Å². The highest BCUT2D eigenvalue weighted by molar-refractivity contribution is 7.85. The van der Waals surface area contributed by atoms with E-state index in [0.717, 1.165) is 17.2 Å². The second-order valence-corrected chi connectivity index (χ2v) is 11.8. The molecule has 2 aromatic carbocycles. The number of epoxide rings is 1. The van der Waals surface area contributed by atoms with Gasteiger partial charge in [0.1, 0.15) is 17.0 Å². The highest BCUT2D eigenvalue weighted by Gasteiger charge is 2.54. The van der Waals surface area contributed by atoms with Crippen LogP contribution in [0.3, 0.4) is 0 Å². The van der Waals surface area contributed by atoms with Crippen molar-refractivity contribution < 1.29 is 45.9 Å². The zero-order valence-electron chi connectivity index (χ0n) is 23.6. The summed E-state index contributed by atoms with van der Waals surface area (Å²) in [6.45, 7) is 5.22. The molecule has 2 aromatic rings. The Morgan fingerprint density at radius 2 is 1.95 bits per heavy atom. The van der Waals surface area contributed by atoms with Crippen LogP contribution in [-0.4, -0.2) is 77.2 Å². The van der Waals surface area contributed by atoms with Crippen molar-refractivity contribution in [1.82, 2.24) is 10.6 Å². The van der Waals surface area contributed by atoms with Crippen LogP contribution < -0.4 is 15.4 Å². The van der Waals surface area contributed by atoms with Crippen molar-refractivity contribution in [3.63, 3.8) is 0 Å². The van der Waals surface area contributed by atoms with E-state index in [9.17, 15) is 22.8 Å². The Labute approximate surface area is 238 Å². The molecule has 0 radical (unpaired) electrons. The van der Waals surface area contributed by atoms with E-state index in [1.54, 1.807) is 26.0 Å². The fourth-order valence-electron chi connectivity index (χ4n) is 4.57. The van der Waals surface area contributed by atoms with E-state index in [1.807, 2.05) is 25.1 Å². The molecule has 13 heteroatoms. The minimum absolute atomic E-state index is 0.0493. The first-order valence-electron chi connectivity index (χ1n) is 13.1. The van der Waals surface area contributed by atoms with Crippen molar-refractivity contribution in [2.24, 2.45) is 0 Å². The third-order valence-electron chi connectivity index (χ3n) is 6.89. The molecule has 2 fully saturated rings. The Balaban J connectivity index is 1.60. The number of amides is 1. The molecule has 3 atom stereocenters. The molecule has 0 unspecified atom stereocenters. The molecule has 2 aliphatic heterocycles. The van der Waals surface area contributed by atoms with Crippen LogP contribution in [0.5, 0.6) is 5.75 Å². The van der Waals surface area contributed by atoms with Crippen molar-refractivity contribution in [1.29, 1.82) is 0 Å². The van der Waals surface area contributed by atoms with Crippen LogP contribution in [0, 0.1) is 6.92 Å². The van der Waals surface area contributed by atoms with Crippen molar-refractivity contribution >= 4 is 38.7 Å². The monoisotopic (exact) mass is 590 g/mol. The van der Waals surface area contributed by atoms with E-state index >= 15 is 0 Å². The van der Waals surface area contributed by atoms with Gasteiger partial charge in [0.05, 0.1) is 44.8 Å². The lowest BCUT2D eigenvalue weighted by Crippen LogP contribution is -2.47. The number of fused-ring (bicyclic) bond motifs is 1. The van der Waals surface area contributed by atoms with Crippen LogP contribution in [0.2, 0.25) is 0 Å². The highest BCUT2D eigenvalue weighted by Crippen LogP contribution is 2.35. The largest absolute Gasteiger partial charge is 0.497 e. The molecule has 2 heterocycles. The average molecular weight is 591 g/mol. The quantitative estimate of drug-likeness (QED) is 0.171. The normalized spacial score (nSPS) is 21.9.